The molecule has 0 amide bonds. The topological polar surface area (TPSA) is 12.9 Å². The predicted molar refractivity (Wildman–Crippen MR) is 77.9 cm³/mol. The maximum absolute atomic E-state index is 5.81. The summed E-state index contributed by atoms with van der Waals surface area (Å²) in [6.07, 6.45) is 1.10. The van der Waals surface area contributed by atoms with Crippen LogP contribution in [-0.2, 0) is 0 Å². The lowest BCUT2D eigenvalue weighted by Gasteiger charge is -2.06. The van der Waals surface area contributed by atoms with Crippen molar-refractivity contribution in [3.63, 3.8) is 0 Å². The molecule has 0 spiro atoms. The van der Waals surface area contributed by atoms with Crippen LogP contribution in [0.1, 0.15) is 20.3 Å². The van der Waals surface area contributed by atoms with E-state index in [4.69, 9.17) is 35.4 Å². The Morgan fingerprint density at radius 1 is 1.60 bits per heavy atom. The highest BCUT2D eigenvalue weighted by Crippen LogP contribution is 2.37. The largest absolute Gasteiger partial charge is 0.216 e. The van der Waals surface area contributed by atoms with Crippen molar-refractivity contribution >= 4 is 73.8 Å². The quantitative estimate of drug-likeness (QED) is 0.549. The Morgan fingerprint density at radius 3 is 2.73 bits per heavy atom. The molecule has 0 aliphatic heterocycles. The standard InChI is InChI=1S/C8H9Cl2NS4/c1-3-4(2)13-8(12)15-7-11-5(9)6(10)14-7/h4H,3H2,1-2H3. The highest BCUT2D eigenvalue weighted by molar-refractivity contribution is 8.47. The Morgan fingerprint density at radius 2 is 2.27 bits per heavy atom. The smallest absolute Gasteiger partial charge is 0.160 e. The van der Waals surface area contributed by atoms with Crippen molar-refractivity contribution in [3.05, 3.63) is 9.49 Å². The lowest BCUT2D eigenvalue weighted by atomic mass is 10.4. The SMILES string of the molecule is CCC(C)SC(=S)Sc1nc(Cl)c(Cl)s1. The van der Waals surface area contributed by atoms with E-state index in [1.165, 1.54) is 23.1 Å². The summed E-state index contributed by atoms with van der Waals surface area (Å²) in [7, 11) is 0. The van der Waals surface area contributed by atoms with Crippen LogP contribution in [0.3, 0.4) is 0 Å². The van der Waals surface area contributed by atoms with Crippen LogP contribution in [0.25, 0.3) is 0 Å². The van der Waals surface area contributed by atoms with Crippen LogP contribution < -0.4 is 0 Å². The fourth-order valence-corrected chi connectivity index (χ4v) is 5.18. The van der Waals surface area contributed by atoms with E-state index in [1.54, 1.807) is 11.8 Å². The summed E-state index contributed by atoms with van der Waals surface area (Å²) in [5, 5.41) is 0.899. The second-order valence-electron chi connectivity index (χ2n) is 2.73. The highest BCUT2D eigenvalue weighted by atomic mass is 35.5. The van der Waals surface area contributed by atoms with E-state index in [0.29, 0.717) is 14.7 Å². The number of thiocarbonyl (C=S) groups is 1. The van der Waals surface area contributed by atoms with E-state index in [1.807, 2.05) is 0 Å². The maximum atomic E-state index is 5.81. The molecule has 0 saturated heterocycles. The average Bonchev–Trinajstić information content (AvgIpc) is 2.45. The summed E-state index contributed by atoms with van der Waals surface area (Å²) in [5.41, 5.74) is 0. The summed E-state index contributed by atoms with van der Waals surface area (Å²) in [6.45, 7) is 4.29. The predicted octanol–water partition coefficient (Wildman–Crippen LogP) is 5.36. The molecule has 1 nitrogen and oxygen atoms in total. The van der Waals surface area contributed by atoms with Gasteiger partial charge in [-0.25, -0.2) is 4.98 Å². The molecule has 7 heteroatoms. The number of thiazole rings is 1. The first-order valence-corrected chi connectivity index (χ1v) is 7.91. The van der Waals surface area contributed by atoms with Gasteiger partial charge in [-0.05, 0) is 18.2 Å². The molecule has 1 atom stereocenters. The Labute approximate surface area is 117 Å². The van der Waals surface area contributed by atoms with Crippen molar-refractivity contribution in [1.82, 2.24) is 4.98 Å². The van der Waals surface area contributed by atoms with Crippen LogP contribution in [0.5, 0.6) is 0 Å². The molecule has 1 heterocycles. The van der Waals surface area contributed by atoms with Crippen molar-refractivity contribution in [1.29, 1.82) is 0 Å². The number of halogens is 2. The minimum Gasteiger partial charge on any atom is -0.216 e. The van der Waals surface area contributed by atoms with Gasteiger partial charge in [-0.2, -0.15) is 0 Å². The van der Waals surface area contributed by atoms with Crippen LogP contribution in [0.4, 0.5) is 0 Å². The van der Waals surface area contributed by atoms with Gasteiger partial charge in [-0.15, -0.1) is 11.8 Å². The van der Waals surface area contributed by atoms with E-state index in [9.17, 15) is 0 Å². The summed E-state index contributed by atoms with van der Waals surface area (Å²) in [4.78, 5) is 4.10. The minimum absolute atomic E-state index is 0.362. The second-order valence-corrected chi connectivity index (χ2v) is 8.58. The van der Waals surface area contributed by atoms with Gasteiger partial charge in [0.2, 0.25) is 0 Å². The molecular formula is C8H9Cl2NS4. The van der Waals surface area contributed by atoms with Gasteiger partial charge < -0.3 is 0 Å². The molecule has 0 saturated carbocycles. The van der Waals surface area contributed by atoms with Gasteiger partial charge in [0.25, 0.3) is 0 Å². The lowest BCUT2D eigenvalue weighted by molar-refractivity contribution is 0.911. The van der Waals surface area contributed by atoms with Crippen molar-refractivity contribution in [2.24, 2.45) is 0 Å². The second kappa shape index (κ2) is 6.67. The number of aromatic nitrogens is 1. The van der Waals surface area contributed by atoms with Crippen LogP contribution >= 0.6 is 70.3 Å². The van der Waals surface area contributed by atoms with Crippen LogP contribution in [0, 0.1) is 0 Å². The number of thioether (sulfide) groups is 2. The molecule has 0 radical (unpaired) electrons. The number of rotatable bonds is 3. The van der Waals surface area contributed by atoms with Crippen LogP contribution in [-0.4, -0.2) is 13.8 Å². The van der Waals surface area contributed by atoms with E-state index < -0.39 is 0 Å². The molecule has 0 bridgehead atoms. The summed E-state index contributed by atoms with van der Waals surface area (Å²) >= 11 is 21.3. The van der Waals surface area contributed by atoms with Crippen molar-refractivity contribution < 1.29 is 0 Å². The Bertz CT molecular complexity index is 333. The highest BCUT2D eigenvalue weighted by Gasteiger charge is 2.11. The third-order valence-electron chi connectivity index (χ3n) is 1.57. The maximum Gasteiger partial charge on any atom is 0.160 e. The molecule has 0 aliphatic rings. The normalized spacial score (nSPS) is 12.8. The Balaban J connectivity index is 2.51. The molecule has 0 aromatic carbocycles. The third kappa shape index (κ3) is 4.79. The van der Waals surface area contributed by atoms with Crippen LogP contribution in [0.15, 0.2) is 4.34 Å². The zero-order chi connectivity index (χ0) is 11.4. The van der Waals surface area contributed by atoms with Crippen molar-refractivity contribution in [2.75, 3.05) is 0 Å². The van der Waals surface area contributed by atoms with E-state index in [2.05, 4.69) is 18.8 Å². The Kier molecular flexibility index (Phi) is 6.25. The lowest BCUT2D eigenvalue weighted by Crippen LogP contribution is -1.95. The fourth-order valence-electron chi connectivity index (χ4n) is 0.652. The first kappa shape index (κ1) is 14.1. The van der Waals surface area contributed by atoms with Gasteiger partial charge >= 0.3 is 0 Å². The molecule has 0 aliphatic carbocycles. The number of nitrogens with zero attached hydrogens (tertiary/aromatic N) is 1. The zero-order valence-electron chi connectivity index (χ0n) is 8.12. The molecule has 84 valence electrons. The molecule has 1 rings (SSSR count). The number of hydrogen-bond donors (Lipinski definition) is 0. The zero-order valence-corrected chi connectivity index (χ0v) is 12.9. The molecule has 15 heavy (non-hydrogen) atoms. The molecule has 1 aromatic rings. The van der Waals surface area contributed by atoms with E-state index >= 15 is 0 Å². The Hall–Kier alpha value is 1.000. The van der Waals surface area contributed by atoms with Crippen molar-refractivity contribution in [2.45, 2.75) is 29.9 Å². The first-order valence-electron chi connectivity index (χ1n) is 4.23. The van der Waals surface area contributed by atoms with Gasteiger partial charge in [0.1, 0.15) is 7.86 Å². The third-order valence-corrected chi connectivity index (χ3v) is 6.04. The average molecular weight is 318 g/mol. The molecule has 1 aromatic heterocycles. The van der Waals surface area contributed by atoms with Gasteiger partial charge in [0.05, 0.1) is 0 Å². The molecular weight excluding hydrogens is 309 g/mol. The molecule has 1 unspecified atom stereocenters. The fraction of sp³-hybridized carbons (Fsp3) is 0.500. The summed E-state index contributed by atoms with van der Waals surface area (Å²) < 4.78 is 2.20. The summed E-state index contributed by atoms with van der Waals surface area (Å²) in [5.74, 6) is 0. The first-order chi connectivity index (χ1) is 7.02. The monoisotopic (exact) mass is 317 g/mol. The van der Waals surface area contributed by atoms with Gasteiger partial charge in [-0.3, -0.25) is 0 Å². The number of hydrogen-bond acceptors (Lipinski definition) is 5. The molecule has 0 fully saturated rings. The van der Waals surface area contributed by atoms with Crippen molar-refractivity contribution in [3.8, 4) is 0 Å². The van der Waals surface area contributed by atoms with Gasteiger partial charge in [0, 0.05) is 5.25 Å². The molecule has 0 N–H and O–H groups in total. The summed E-state index contributed by atoms with van der Waals surface area (Å²) in [6, 6.07) is 0. The minimum atomic E-state index is 0.362. The van der Waals surface area contributed by atoms with Gasteiger partial charge in [-0.1, -0.05) is 60.6 Å². The van der Waals surface area contributed by atoms with E-state index in [0.717, 1.165) is 14.3 Å². The van der Waals surface area contributed by atoms with Crippen LogP contribution in [0.2, 0.25) is 9.49 Å². The van der Waals surface area contributed by atoms with E-state index in [-0.39, 0.29) is 0 Å². The van der Waals surface area contributed by atoms with Gasteiger partial charge in [0.15, 0.2) is 9.49 Å².